The third-order valence-corrected chi connectivity index (χ3v) is 2.43. The number of rotatable bonds is 5. The fourth-order valence-corrected chi connectivity index (χ4v) is 1.44. The lowest BCUT2D eigenvalue weighted by atomic mass is 10.2. The molecular weight excluding hydrogens is 276 g/mol. The van der Waals surface area contributed by atoms with E-state index >= 15 is 0 Å². The topological polar surface area (TPSA) is 116 Å². The zero-order chi connectivity index (χ0) is 14.4. The van der Waals surface area contributed by atoms with E-state index in [1.54, 1.807) is 18.2 Å². The number of urea groups is 1. The summed E-state index contributed by atoms with van der Waals surface area (Å²) in [4.78, 5) is 32.7. The molecule has 0 saturated carbocycles. The number of carboxylic acid groups (broad SMARTS) is 2. The molecule has 0 aliphatic rings. The van der Waals surface area contributed by atoms with Crippen molar-refractivity contribution in [3.63, 3.8) is 0 Å². The molecule has 0 aromatic heterocycles. The number of para-hydroxylation sites is 1. The van der Waals surface area contributed by atoms with Crippen molar-refractivity contribution < 1.29 is 24.6 Å². The molecule has 0 unspecified atom stereocenters. The molecule has 19 heavy (non-hydrogen) atoms. The molecule has 0 heterocycles. The minimum Gasteiger partial charge on any atom is -0.481 e. The molecule has 8 heteroatoms. The van der Waals surface area contributed by atoms with Crippen LogP contribution in [0.1, 0.15) is 6.42 Å². The smallest absolute Gasteiger partial charge is 0.326 e. The number of carbonyl (C=O) groups excluding carboxylic acids is 1. The summed E-state index contributed by atoms with van der Waals surface area (Å²) >= 11 is 5.80. The Kier molecular flexibility index (Phi) is 5.13. The van der Waals surface area contributed by atoms with Gasteiger partial charge in [0.05, 0.1) is 17.1 Å². The number of aliphatic carboxylic acids is 2. The second-order valence-corrected chi connectivity index (χ2v) is 3.97. The third kappa shape index (κ3) is 4.84. The highest BCUT2D eigenvalue weighted by Crippen LogP contribution is 2.20. The van der Waals surface area contributed by atoms with Crippen LogP contribution in [0.2, 0.25) is 5.02 Å². The van der Waals surface area contributed by atoms with E-state index in [4.69, 9.17) is 21.8 Å². The normalized spacial score (nSPS) is 11.4. The maximum Gasteiger partial charge on any atom is 0.326 e. The van der Waals surface area contributed by atoms with Crippen LogP contribution in [-0.4, -0.2) is 34.2 Å². The van der Waals surface area contributed by atoms with E-state index in [-0.39, 0.29) is 5.02 Å². The highest BCUT2D eigenvalue weighted by molar-refractivity contribution is 6.33. The molecule has 1 rings (SSSR count). The van der Waals surface area contributed by atoms with Crippen LogP contribution in [-0.2, 0) is 9.59 Å². The summed E-state index contributed by atoms with van der Waals surface area (Å²) in [6.07, 6.45) is -0.717. The Bertz CT molecular complexity index is 506. The SMILES string of the molecule is O=C(O)C[C@@H](NC(=O)Nc1ccccc1Cl)C(=O)O. The Morgan fingerprint density at radius 3 is 2.37 bits per heavy atom. The van der Waals surface area contributed by atoms with Gasteiger partial charge in [-0.25, -0.2) is 9.59 Å². The number of nitrogens with one attached hydrogen (secondary N) is 2. The first-order chi connectivity index (χ1) is 8.90. The molecule has 4 N–H and O–H groups in total. The molecule has 0 aliphatic heterocycles. The quantitative estimate of drug-likeness (QED) is 0.653. The van der Waals surface area contributed by atoms with E-state index in [9.17, 15) is 14.4 Å². The lowest BCUT2D eigenvalue weighted by Gasteiger charge is -2.13. The Balaban J connectivity index is 2.65. The van der Waals surface area contributed by atoms with Crippen LogP contribution in [0.5, 0.6) is 0 Å². The Labute approximate surface area is 113 Å². The molecule has 0 bridgehead atoms. The van der Waals surface area contributed by atoms with Crippen LogP contribution in [0.15, 0.2) is 24.3 Å². The second kappa shape index (κ2) is 6.60. The van der Waals surface area contributed by atoms with Crippen molar-refractivity contribution in [3.05, 3.63) is 29.3 Å². The molecule has 0 fully saturated rings. The molecule has 1 atom stereocenters. The van der Waals surface area contributed by atoms with Crippen molar-refractivity contribution in [2.75, 3.05) is 5.32 Å². The fraction of sp³-hybridized carbons (Fsp3) is 0.182. The number of halogens is 1. The number of benzene rings is 1. The molecule has 1 aromatic carbocycles. The molecule has 0 spiro atoms. The lowest BCUT2D eigenvalue weighted by molar-refractivity contribution is -0.145. The van der Waals surface area contributed by atoms with Crippen molar-refractivity contribution >= 4 is 35.3 Å². The average molecular weight is 287 g/mol. The number of amides is 2. The number of hydrogen-bond acceptors (Lipinski definition) is 3. The molecule has 0 radical (unpaired) electrons. The van der Waals surface area contributed by atoms with Crippen LogP contribution >= 0.6 is 11.6 Å². The number of hydrogen-bond donors (Lipinski definition) is 4. The van der Waals surface area contributed by atoms with Crippen molar-refractivity contribution in [2.24, 2.45) is 0 Å². The summed E-state index contributed by atoms with van der Waals surface area (Å²) in [5.41, 5.74) is 0.293. The maximum atomic E-state index is 11.5. The standard InChI is InChI=1S/C11H11ClN2O5/c12-6-3-1-2-4-7(6)13-11(19)14-8(10(17)18)5-9(15)16/h1-4,8H,5H2,(H,15,16)(H,17,18)(H2,13,14,19)/t8-/m1/s1. The van der Waals surface area contributed by atoms with Gasteiger partial charge in [0.15, 0.2) is 0 Å². The fourth-order valence-electron chi connectivity index (χ4n) is 1.25. The van der Waals surface area contributed by atoms with Crippen LogP contribution < -0.4 is 10.6 Å². The molecular formula is C11H11ClN2O5. The molecule has 102 valence electrons. The van der Waals surface area contributed by atoms with E-state index < -0.39 is 30.4 Å². The van der Waals surface area contributed by atoms with Crippen LogP contribution in [0.4, 0.5) is 10.5 Å². The summed E-state index contributed by atoms with van der Waals surface area (Å²) in [7, 11) is 0. The number of anilines is 1. The Morgan fingerprint density at radius 2 is 1.84 bits per heavy atom. The minimum atomic E-state index is -1.51. The average Bonchev–Trinajstić information content (AvgIpc) is 2.30. The van der Waals surface area contributed by atoms with Gasteiger partial charge in [-0.15, -0.1) is 0 Å². The summed E-state index contributed by atoms with van der Waals surface area (Å²) in [5, 5.41) is 21.9. The van der Waals surface area contributed by atoms with Gasteiger partial charge >= 0.3 is 18.0 Å². The first kappa shape index (κ1) is 14.8. The number of carbonyl (C=O) groups is 3. The van der Waals surface area contributed by atoms with Crippen molar-refractivity contribution in [3.8, 4) is 0 Å². The zero-order valence-corrected chi connectivity index (χ0v) is 10.3. The van der Waals surface area contributed by atoms with Gasteiger partial charge in [-0.05, 0) is 12.1 Å². The van der Waals surface area contributed by atoms with Crippen LogP contribution in [0.25, 0.3) is 0 Å². The van der Waals surface area contributed by atoms with Crippen molar-refractivity contribution in [2.45, 2.75) is 12.5 Å². The lowest BCUT2D eigenvalue weighted by Crippen LogP contribution is -2.44. The van der Waals surface area contributed by atoms with Gasteiger partial charge in [-0.3, -0.25) is 4.79 Å². The Hall–Kier alpha value is -2.28. The predicted octanol–water partition coefficient (Wildman–Crippen LogP) is 1.39. The van der Waals surface area contributed by atoms with Crippen LogP contribution in [0.3, 0.4) is 0 Å². The minimum absolute atomic E-state index is 0.280. The maximum absolute atomic E-state index is 11.5. The molecule has 7 nitrogen and oxygen atoms in total. The highest BCUT2D eigenvalue weighted by Gasteiger charge is 2.23. The van der Waals surface area contributed by atoms with E-state index in [1.807, 2.05) is 5.32 Å². The second-order valence-electron chi connectivity index (χ2n) is 3.57. The van der Waals surface area contributed by atoms with Gasteiger partial charge < -0.3 is 20.8 Å². The summed E-state index contributed by atoms with van der Waals surface area (Å²) in [6, 6.07) is 4.00. The van der Waals surface area contributed by atoms with Gasteiger partial charge in [0.2, 0.25) is 0 Å². The first-order valence-corrected chi connectivity index (χ1v) is 5.54. The van der Waals surface area contributed by atoms with Gasteiger partial charge in [0.25, 0.3) is 0 Å². The molecule has 0 aliphatic carbocycles. The van der Waals surface area contributed by atoms with E-state index in [0.29, 0.717) is 5.69 Å². The largest absolute Gasteiger partial charge is 0.481 e. The van der Waals surface area contributed by atoms with E-state index in [0.717, 1.165) is 0 Å². The first-order valence-electron chi connectivity index (χ1n) is 5.17. The van der Waals surface area contributed by atoms with Gasteiger partial charge in [0, 0.05) is 0 Å². The molecule has 2 amide bonds. The van der Waals surface area contributed by atoms with Gasteiger partial charge in [0.1, 0.15) is 6.04 Å². The summed E-state index contributed by atoms with van der Waals surface area (Å²) < 4.78 is 0. The molecule has 1 aromatic rings. The van der Waals surface area contributed by atoms with Crippen molar-refractivity contribution in [1.82, 2.24) is 5.32 Å². The third-order valence-electron chi connectivity index (χ3n) is 2.10. The predicted molar refractivity (Wildman–Crippen MR) is 67.3 cm³/mol. The Morgan fingerprint density at radius 1 is 1.21 bits per heavy atom. The molecule has 0 saturated heterocycles. The van der Waals surface area contributed by atoms with E-state index in [2.05, 4.69) is 5.32 Å². The highest BCUT2D eigenvalue weighted by atomic mass is 35.5. The summed E-state index contributed by atoms with van der Waals surface area (Å²) in [5.74, 6) is -2.76. The van der Waals surface area contributed by atoms with Gasteiger partial charge in [-0.2, -0.15) is 0 Å². The monoisotopic (exact) mass is 286 g/mol. The summed E-state index contributed by atoms with van der Waals surface area (Å²) in [6.45, 7) is 0. The van der Waals surface area contributed by atoms with Gasteiger partial charge in [-0.1, -0.05) is 23.7 Å². The van der Waals surface area contributed by atoms with Crippen molar-refractivity contribution in [1.29, 1.82) is 0 Å². The van der Waals surface area contributed by atoms with E-state index in [1.165, 1.54) is 6.07 Å². The number of carboxylic acids is 2. The zero-order valence-electron chi connectivity index (χ0n) is 9.59. The van der Waals surface area contributed by atoms with Crippen LogP contribution in [0, 0.1) is 0 Å².